The number of nitrogens with zero attached hydrogens (tertiary/aromatic N) is 2. The van der Waals surface area contributed by atoms with E-state index in [1.54, 1.807) is 0 Å². The lowest BCUT2D eigenvalue weighted by atomic mass is 10.1. The van der Waals surface area contributed by atoms with Crippen LogP contribution >= 0.6 is 0 Å². The normalized spacial score (nSPS) is 16.0. The predicted octanol–water partition coefficient (Wildman–Crippen LogP) is 1.26. The average Bonchev–Trinajstić information content (AvgIpc) is 2.21. The van der Waals surface area contributed by atoms with E-state index >= 15 is 0 Å². The van der Waals surface area contributed by atoms with Crippen LogP contribution in [0.4, 0.5) is 0 Å². The van der Waals surface area contributed by atoms with Crippen molar-refractivity contribution in [3.63, 3.8) is 0 Å². The molecule has 2 atom stereocenters. The summed E-state index contributed by atoms with van der Waals surface area (Å²) in [4.78, 5) is 4.65. The van der Waals surface area contributed by atoms with Crippen molar-refractivity contribution in [3.05, 3.63) is 0 Å². The first-order valence-corrected chi connectivity index (χ1v) is 6.07. The predicted molar refractivity (Wildman–Crippen MR) is 68.4 cm³/mol. The van der Waals surface area contributed by atoms with Gasteiger partial charge in [0.1, 0.15) is 0 Å². The van der Waals surface area contributed by atoms with E-state index in [0.29, 0.717) is 12.1 Å². The number of hydrogen-bond donors (Lipinski definition) is 1. The van der Waals surface area contributed by atoms with E-state index in [-0.39, 0.29) is 0 Å². The highest BCUT2D eigenvalue weighted by Crippen LogP contribution is 2.01. The Morgan fingerprint density at radius 3 is 2.13 bits per heavy atom. The van der Waals surface area contributed by atoms with Gasteiger partial charge in [0.05, 0.1) is 0 Å². The Labute approximate surface area is 95.8 Å². The molecule has 0 aromatic heterocycles. The van der Waals surface area contributed by atoms with Crippen molar-refractivity contribution in [2.75, 3.05) is 40.8 Å². The second kappa shape index (κ2) is 8.08. The molecule has 0 aliphatic heterocycles. The SMILES string of the molecule is CCCNC(C)C(C)N(C)CCN(C)C. The molecule has 3 nitrogen and oxygen atoms in total. The first-order valence-electron chi connectivity index (χ1n) is 6.07. The standard InChI is InChI=1S/C12H29N3/c1-7-8-13-11(2)12(3)15(6)10-9-14(4)5/h11-13H,7-10H2,1-6H3. The van der Waals surface area contributed by atoms with Crippen molar-refractivity contribution in [1.29, 1.82) is 0 Å². The Morgan fingerprint density at radius 1 is 1.07 bits per heavy atom. The molecule has 3 heteroatoms. The summed E-state index contributed by atoms with van der Waals surface area (Å²) in [6.45, 7) is 10.1. The van der Waals surface area contributed by atoms with Crippen LogP contribution < -0.4 is 5.32 Å². The van der Waals surface area contributed by atoms with Gasteiger partial charge in [0.15, 0.2) is 0 Å². The molecular weight excluding hydrogens is 186 g/mol. The summed E-state index contributed by atoms with van der Waals surface area (Å²) in [6.07, 6.45) is 1.21. The molecule has 0 saturated carbocycles. The summed E-state index contributed by atoms with van der Waals surface area (Å²) in [5.74, 6) is 0. The maximum atomic E-state index is 3.55. The second-order valence-corrected chi connectivity index (χ2v) is 4.77. The third-order valence-electron chi connectivity index (χ3n) is 3.04. The molecular formula is C12H29N3. The van der Waals surface area contributed by atoms with E-state index in [1.165, 1.54) is 6.42 Å². The maximum Gasteiger partial charge on any atom is 0.0215 e. The topological polar surface area (TPSA) is 18.5 Å². The largest absolute Gasteiger partial charge is 0.313 e. The Hall–Kier alpha value is -0.120. The van der Waals surface area contributed by atoms with E-state index < -0.39 is 0 Å². The van der Waals surface area contributed by atoms with E-state index in [9.17, 15) is 0 Å². The van der Waals surface area contributed by atoms with E-state index in [0.717, 1.165) is 19.6 Å². The van der Waals surface area contributed by atoms with Gasteiger partial charge in [-0.1, -0.05) is 6.92 Å². The molecule has 0 radical (unpaired) electrons. The molecule has 0 aromatic carbocycles. The van der Waals surface area contributed by atoms with Crippen molar-refractivity contribution in [2.45, 2.75) is 39.3 Å². The molecule has 0 fully saturated rings. The van der Waals surface area contributed by atoms with Gasteiger partial charge < -0.3 is 15.1 Å². The fourth-order valence-corrected chi connectivity index (χ4v) is 1.49. The molecule has 0 aliphatic carbocycles. The second-order valence-electron chi connectivity index (χ2n) is 4.77. The van der Waals surface area contributed by atoms with Gasteiger partial charge in [-0.15, -0.1) is 0 Å². The molecule has 0 aromatic rings. The summed E-state index contributed by atoms with van der Waals surface area (Å²) in [5.41, 5.74) is 0. The van der Waals surface area contributed by atoms with Gasteiger partial charge in [0, 0.05) is 25.2 Å². The van der Waals surface area contributed by atoms with Crippen molar-refractivity contribution in [2.24, 2.45) is 0 Å². The van der Waals surface area contributed by atoms with Gasteiger partial charge in [-0.25, -0.2) is 0 Å². The molecule has 0 spiro atoms. The van der Waals surface area contributed by atoms with Gasteiger partial charge in [0.2, 0.25) is 0 Å². The highest BCUT2D eigenvalue weighted by atomic mass is 15.2. The Balaban J connectivity index is 3.79. The van der Waals surface area contributed by atoms with E-state index in [2.05, 4.69) is 57.0 Å². The van der Waals surface area contributed by atoms with Crippen LogP contribution in [0.25, 0.3) is 0 Å². The lowest BCUT2D eigenvalue weighted by Gasteiger charge is -2.31. The van der Waals surface area contributed by atoms with Crippen LogP contribution in [0.1, 0.15) is 27.2 Å². The smallest absolute Gasteiger partial charge is 0.0215 e. The van der Waals surface area contributed by atoms with Crippen molar-refractivity contribution in [3.8, 4) is 0 Å². The molecule has 0 amide bonds. The zero-order valence-electron chi connectivity index (χ0n) is 11.4. The summed E-state index contributed by atoms with van der Waals surface area (Å²) in [6, 6.07) is 1.16. The molecule has 0 aliphatic rings. The number of likely N-dealkylation sites (N-methyl/N-ethyl adjacent to an activating group) is 2. The van der Waals surface area contributed by atoms with Gasteiger partial charge in [-0.2, -0.15) is 0 Å². The summed E-state index contributed by atoms with van der Waals surface area (Å²) in [7, 11) is 6.45. The van der Waals surface area contributed by atoms with E-state index in [4.69, 9.17) is 0 Å². The Kier molecular flexibility index (Phi) is 8.02. The van der Waals surface area contributed by atoms with E-state index in [1.807, 2.05) is 0 Å². The zero-order valence-corrected chi connectivity index (χ0v) is 11.4. The molecule has 0 bridgehead atoms. The minimum absolute atomic E-state index is 0.567. The first-order chi connectivity index (χ1) is 6.99. The van der Waals surface area contributed by atoms with Crippen LogP contribution in [-0.4, -0.2) is 62.7 Å². The zero-order chi connectivity index (χ0) is 11.8. The van der Waals surface area contributed by atoms with Crippen molar-refractivity contribution in [1.82, 2.24) is 15.1 Å². The molecule has 0 heterocycles. The third-order valence-corrected chi connectivity index (χ3v) is 3.04. The summed E-state index contributed by atoms with van der Waals surface area (Å²) in [5, 5.41) is 3.55. The van der Waals surface area contributed by atoms with Crippen molar-refractivity contribution < 1.29 is 0 Å². The average molecular weight is 215 g/mol. The molecule has 15 heavy (non-hydrogen) atoms. The molecule has 0 rings (SSSR count). The Bertz CT molecular complexity index is 148. The molecule has 92 valence electrons. The quantitative estimate of drug-likeness (QED) is 0.657. The summed E-state index contributed by atoms with van der Waals surface area (Å²) >= 11 is 0. The van der Waals surface area contributed by atoms with Crippen LogP contribution in [-0.2, 0) is 0 Å². The Morgan fingerprint density at radius 2 is 1.67 bits per heavy atom. The molecule has 0 saturated heterocycles. The first kappa shape index (κ1) is 14.9. The van der Waals surface area contributed by atoms with Crippen LogP contribution in [0.3, 0.4) is 0 Å². The van der Waals surface area contributed by atoms with Crippen molar-refractivity contribution >= 4 is 0 Å². The minimum Gasteiger partial charge on any atom is -0.313 e. The van der Waals surface area contributed by atoms with Crippen LogP contribution in [0.2, 0.25) is 0 Å². The van der Waals surface area contributed by atoms with Gasteiger partial charge in [-0.05, 0) is 48.0 Å². The number of nitrogens with one attached hydrogen (secondary N) is 1. The lowest BCUT2D eigenvalue weighted by molar-refractivity contribution is 0.195. The summed E-state index contributed by atoms with van der Waals surface area (Å²) < 4.78 is 0. The highest BCUT2D eigenvalue weighted by Gasteiger charge is 2.15. The third kappa shape index (κ3) is 6.88. The van der Waals surface area contributed by atoms with Gasteiger partial charge >= 0.3 is 0 Å². The molecule has 2 unspecified atom stereocenters. The van der Waals surface area contributed by atoms with Gasteiger partial charge in [0.25, 0.3) is 0 Å². The number of rotatable bonds is 8. The number of hydrogen-bond acceptors (Lipinski definition) is 3. The van der Waals surface area contributed by atoms with Crippen LogP contribution in [0.5, 0.6) is 0 Å². The van der Waals surface area contributed by atoms with Crippen LogP contribution in [0.15, 0.2) is 0 Å². The highest BCUT2D eigenvalue weighted by molar-refractivity contribution is 4.75. The molecule has 1 N–H and O–H groups in total. The minimum atomic E-state index is 0.567. The fraction of sp³-hybridized carbons (Fsp3) is 1.00. The van der Waals surface area contributed by atoms with Crippen LogP contribution in [0, 0.1) is 0 Å². The monoisotopic (exact) mass is 215 g/mol. The fourth-order valence-electron chi connectivity index (χ4n) is 1.49. The maximum absolute atomic E-state index is 3.55. The van der Waals surface area contributed by atoms with Gasteiger partial charge in [-0.3, -0.25) is 0 Å². The lowest BCUT2D eigenvalue weighted by Crippen LogP contribution is -2.47.